The van der Waals surface area contributed by atoms with Crippen molar-refractivity contribution in [2.75, 3.05) is 72.1 Å². The van der Waals surface area contributed by atoms with Gasteiger partial charge in [-0.15, -0.1) is 24.0 Å². The van der Waals surface area contributed by atoms with Gasteiger partial charge in [0.2, 0.25) is 17.7 Å². The number of imide groups is 2. The number of β-amino-alcohol motifs (C(OH)–C–C–N with tert-alkyl or cyclic N) is 3. The summed E-state index contributed by atoms with van der Waals surface area (Å²) in [7, 11) is 12.5. The van der Waals surface area contributed by atoms with Crippen LogP contribution >= 0.6 is 70.9 Å². The van der Waals surface area contributed by atoms with Gasteiger partial charge < -0.3 is 41.0 Å². The lowest BCUT2D eigenvalue weighted by atomic mass is 9.82. The number of alkyl carbamates (subject to hydrolysis) is 1. The molecule has 0 aromatic heterocycles. The third-order valence-corrected chi connectivity index (χ3v) is 16.7. The number of carboxylic acid groups (broad SMARTS) is 1. The van der Waals surface area contributed by atoms with Crippen molar-refractivity contribution in [3.05, 3.63) is 71.8 Å². The second-order valence-electron chi connectivity index (χ2n) is 21.3. The number of aliphatic carboxylic acids is 1. The highest BCUT2D eigenvalue weighted by Gasteiger charge is 2.54. The van der Waals surface area contributed by atoms with E-state index in [2.05, 4.69) is 56.9 Å². The summed E-state index contributed by atoms with van der Waals surface area (Å²) in [6, 6.07) is 19.5. The lowest BCUT2D eigenvalue weighted by molar-refractivity contribution is -0.160. The van der Waals surface area contributed by atoms with Crippen LogP contribution in [-0.4, -0.2) is 214 Å². The predicted molar refractivity (Wildman–Crippen MR) is 321 cm³/mol. The fraction of sp³-hybridized carbons (Fsp3) is 0.620. The number of ketones is 1. The van der Waals surface area contributed by atoms with Crippen molar-refractivity contribution in [2.24, 2.45) is 17.6 Å². The third-order valence-electron chi connectivity index (χ3n) is 14.9. The number of cyclic esters (lactones) is 1. The summed E-state index contributed by atoms with van der Waals surface area (Å²) in [5.74, 6) is -2.36. The molecule has 0 bridgehead atoms. The molecule has 22 nitrogen and oxygen atoms in total. The van der Waals surface area contributed by atoms with Crippen molar-refractivity contribution in [3.8, 4) is 0 Å². The minimum atomic E-state index is -1.08. The topological polar surface area (TPSA) is 280 Å². The van der Waals surface area contributed by atoms with Gasteiger partial charge in [-0.1, -0.05) is 121 Å². The highest BCUT2D eigenvalue weighted by Crippen LogP contribution is 2.36. The quantitative estimate of drug-likeness (QED) is 0.147. The number of nitrogens with zero attached hydrogens (tertiary/aromatic N) is 7. The maximum atomic E-state index is 12.7. The summed E-state index contributed by atoms with van der Waals surface area (Å²) in [5.41, 5.74) is 4.77. The van der Waals surface area contributed by atoms with Gasteiger partial charge in [-0.2, -0.15) is 0 Å². The molecule has 5 amide bonds. The Bertz CT molecular complexity index is 2360. The number of carboxylic acids is 1. The third kappa shape index (κ3) is 18.0. The molecular formula is C50H81IN9O13P5. The average molecular weight is 1300 g/mol. The van der Waals surface area contributed by atoms with Crippen molar-refractivity contribution in [1.29, 1.82) is 0 Å². The normalized spacial score (nSPS) is 25.4. The Balaban J connectivity index is 0.000000212. The number of nitrogens with one attached hydrogen (secondary N) is 1. The van der Waals surface area contributed by atoms with E-state index in [1.165, 1.54) is 22.3 Å². The number of Topliss-reactive ketones (excluding diaryl/α,β-unsaturated/α-hetero) is 1. The number of rotatable bonds is 10. The van der Waals surface area contributed by atoms with Crippen LogP contribution in [0.5, 0.6) is 0 Å². The number of aliphatic hydroxyl groups is 3. The molecular weight excluding hydrogens is 1220 g/mol. The average Bonchev–Trinajstić information content (AvgIpc) is 3.99. The van der Waals surface area contributed by atoms with E-state index in [0.717, 1.165) is 31.5 Å². The van der Waals surface area contributed by atoms with Crippen LogP contribution < -0.4 is 11.1 Å². The van der Waals surface area contributed by atoms with E-state index in [1.807, 2.05) is 88.5 Å². The first-order valence-corrected chi connectivity index (χ1v) is 28.2. The largest absolute Gasteiger partial charge is 0.481 e. The summed E-state index contributed by atoms with van der Waals surface area (Å²) in [5, 5.41) is 40.9. The van der Waals surface area contributed by atoms with Crippen molar-refractivity contribution in [3.63, 3.8) is 0 Å². The van der Waals surface area contributed by atoms with Crippen LogP contribution in [0, 0.1) is 11.8 Å². The van der Waals surface area contributed by atoms with Crippen LogP contribution in [0.4, 0.5) is 9.59 Å². The Morgan fingerprint density at radius 2 is 1.14 bits per heavy atom. The zero-order chi connectivity index (χ0) is 57.2. The number of benzene rings is 2. The summed E-state index contributed by atoms with van der Waals surface area (Å²) < 4.78 is 19.8. The van der Waals surface area contributed by atoms with E-state index in [4.69, 9.17) is 20.3 Å². The minimum Gasteiger partial charge on any atom is -0.481 e. The standard InChI is InChI=1S/C16H21N2O4P.C14H17NO2.C6H11N2O2P.C6H12NO3P.C5H13N2OP.C3H6NOP.HI/c1-11(16(21)9-17(23)10-16)14(19)18-13(8-22-15(18)20)7-12-5-3-2-4-6-12;1-2-13(16)15-12(8-9-14(15)17)10-11-6-4-3-5-7-11;1-4-6(2-8(11)3-6)10-5(9)7-4;1-4(5(8)9)6(10)2-7(11)3-6;1-4(6)5(8)2-7(9)3-5;5-3-1-4(6)2-3;/h2-6,11,13,21H,7-10,23H2,1H3;3-7,12H,2,8-10H2,1H3;4H,2-3,11H2,1H3,(H,7,9);4,10H,2-3,11H2,1H3,(H,8,9);4,8H,2-3,6,9H2,1H3;1-2,6H2;1H/t11-,13-;12-;3*4-;;/m10010../s1. The van der Waals surface area contributed by atoms with E-state index in [9.17, 15) is 48.9 Å². The van der Waals surface area contributed by atoms with Gasteiger partial charge in [0.05, 0.1) is 37.0 Å². The second kappa shape index (κ2) is 29.6. The first kappa shape index (κ1) is 68.0. The van der Waals surface area contributed by atoms with Crippen LogP contribution in [0.1, 0.15) is 65.0 Å². The Morgan fingerprint density at radius 1 is 0.692 bits per heavy atom. The molecule has 436 valence electrons. The molecule has 0 saturated carbocycles. The molecule has 1 spiro atoms. The predicted octanol–water partition coefficient (Wildman–Crippen LogP) is 2.16. The van der Waals surface area contributed by atoms with Gasteiger partial charge in [0.1, 0.15) is 23.4 Å². The van der Waals surface area contributed by atoms with Gasteiger partial charge in [-0.3, -0.25) is 52.2 Å². The number of halogens is 1. The van der Waals surface area contributed by atoms with E-state index >= 15 is 0 Å². The maximum absolute atomic E-state index is 12.7. The van der Waals surface area contributed by atoms with Crippen LogP contribution in [0.25, 0.3) is 0 Å². The molecule has 78 heavy (non-hydrogen) atoms. The Kier molecular flexibility index (Phi) is 25.8. The molecule has 7 N–H and O–H groups in total. The molecule has 8 aliphatic rings. The number of ether oxygens (including phenoxy) is 2. The molecule has 0 radical (unpaired) electrons. The van der Waals surface area contributed by atoms with Gasteiger partial charge in [0, 0.05) is 77.3 Å². The number of hydrogen-bond acceptors (Lipinski definition) is 18. The maximum Gasteiger partial charge on any atom is 0.416 e. The molecule has 0 aliphatic carbocycles. The summed E-state index contributed by atoms with van der Waals surface area (Å²) in [6.45, 7) is 14.9. The van der Waals surface area contributed by atoms with Gasteiger partial charge in [0.25, 0.3) is 0 Å². The molecule has 2 aromatic rings. The molecule has 8 heterocycles. The van der Waals surface area contributed by atoms with E-state index in [-0.39, 0.29) is 84.2 Å². The number of carbonyl (C=O) groups excluding carboxylic acids is 6. The summed E-state index contributed by atoms with van der Waals surface area (Å²) in [4.78, 5) is 82.1. The van der Waals surface area contributed by atoms with Crippen molar-refractivity contribution >= 4 is 113 Å². The van der Waals surface area contributed by atoms with Gasteiger partial charge in [-0.05, 0) is 51.2 Å². The van der Waals surface area contributed by atoms with Crippen LogP contribution in [0.15, 0.2) is 60.7 Å². The van der Waals surface area contributed by atoms with Crippen LogP contribution in [-0.2, 0) is 46.3 Å². The van der Waals surface area contributed by atoms with Crippen LogP contribution in [0.2, 0.25) is 0 Å². The van der Waals surface area contributed by atoms with Crippen molar-refractivity contribution in [2.45, 2.75) is 113 Å². The van der Waals surface area contributed by atoms with Gasteiger partial charge in [0.15, 0.2) is 11.4 Å². The lowest BCUT2D eigenvalue weighted by Gasteiger charge is -2.47. The lowest BCUT2D eigenvalue weighted by Crippen LogP contribution is -2.65. The Morgan fingerprint density at radius 3 is 1.50 bits per heavy atom. The van der Waals surface area contributed by atoms with E-state index in [1.54, 1.807) is 18.5 Å². The van der Waals surface area contributed by atoms with E-state index in [0.29, 0.717) is 77.4 Å². The summed E-state index contributed by atoms with van der Waals surface area (Å²) in [6.07, 6.45) is 2.13. The van der Waals surface area contributed by atoms with Crippen molar-refractivity contribution in [1.82, 2.24) is 38.5 Å². The number of hydrogen-bond donors (Lipinski definition) is 6. The summed E-state index contributed by atoms with van der Waals surface area (Å²) >= 11 is 0. The molecule has 5 unspecified atom stereocenters. The first-order valence-electron chi connectivity index (χ1n) is 25.6. The molecule has 28 heteroatoms. The molecule has 8 saturated heterocycles. The fourth-order valence-electron chi connectivity index (χ4n) is 9.58. The number of amides is 5. The minimum absolute atomic E-state index is 0. The smallest absolute Gasteiger partial charge is 0.416 e. The highest BCUT2D eigenvalue weighted by atomic mass is 127. The Labute approximate surface area is 486 Å². The molecule has 8 fully saturated rings. The monoisotopic (exact) mass is 1300 g/mol. The SMILES string of the molecule is CCC(=O)N1C(=O)CC[C@H]1Cc1ccccc1.C[C@@H]1NC(=O)OC12CN(P)C2.C[C@H](C(=O)N1C(=O)OC[C@H]1Cc1ccccc1)C1(O)CN(P)C1.C[C@H](C(=O)O)C1(O)CN(P)C1.C[C@H](N)C1(O)CN(P)C1.I.O=C1CN(P)C1. The zero-order valence-corrected chi connectivity index (χ0v) is 53.1. The first-order chi connectivity index (χ1) is 36.0. The number of carbonyl (C=O) groups is 7. The molecule has 10 rings (SSSR count). The van der Waals surface area contributed by atoms with Crippen molar-refractivity contribution < 1.29 is 63.5 Å². The molecule has 2 aromatic carbocycles. The zero-order valence-electron chi connectivity index (χ0n) is 45.0. The molecule has 8 aliphatic heterocycles. The fourth-order valence-corrected chi connectivity index (χ4v) is 12.5. The number of nitrogens with two attached hydrogens (primary N) is 1. The number of likely N-dealkylation sites (tertiary alicyclic amines) is 1. The Hall–Kier alpha value is -2.55. The van der Waals surface area contributed by atoms with Crippen LogP contribution in [0.3, 0.4) is 0 Å². The van der Waals surface area contributed by atoms with Gasteiger partial charge >= 0.3 is 18.2 Å². The second-order valence-corrected chi connectivity index (χ2v) is 24.9. The van der Waals surface area contributed by atoms with Gasteiger partial charge in [-0.25, -0.2) is 14.5 Å². The van der Waals surface area contributed by atoms with E-state index < -0.39 is 40.7 Å². The molecule has 11 atom stereocenters. The highest BCUT2D eigenvalue weighted by molar-refractivity contribution is 14.0.